The highest BCUT2D eigenvalue weighted by atomic mass is 19.1. The SMILES string of the molecule is COC(=O)c1ccc(C2=CCC3(C)C(CCC4(C)C5CCC(C)(C)C(C)C5CCC43)C2(C)C)cc1F. The number of hydrogen-bond acceptors (Lipinski definition) is 2. The number of ether oxygens (including phenoxy) is 1. The molecule has 5 rings (SSSR count). The van der Waals surface area contributed by atoms with Crippen LogP contribution in [0.3, 0.4) is 0 Å². The topological polar surface area (TPSA) is 26.3 Å². The summed E-state index contributed by atoms with van der Waals surface area (Å²) in [4.78, 5) is 11.9. The molecule has 0 N–H and O–H groups in total. The molecule has 0 heterocycles. The second-order valence-electron chi connectivity index (χ2n) is 14.5. The number of fused-ring (bicyclic) bond motifs is 5. The number of rotatable bonds is 2. The minimum absolute atomic E-state index is 0.00962. The zero-order valence-electron chi connectivity index (χ0n) is 23.8. The van der Waals surface area contributed by atoms with Gasteiger partial charge in [0.05, 0.1) is 12.7 Å². The molecule has 2 nitrogen and oxygen atoms in total. The number of methoxy groups -OCH3 is 1. The molecule has 3 fully saturated rings. The fourth-order valence-corrected chi connectivity index (χ4v) is 10.3. The van der Waals surface area contributed by atoms with Gasteiger partial charge >= 0.3 is 5.97 Å². The molecule has 198 valence electrons. The van der Waals surface area contributed by atoms with Gasteiger partial charge < -0.3 is 4.74 Å². The van der Waals surface area contributed by atoms with Gasteiger partial charge in [-0.2, -0.15) is 0 Å². The molecule has 0 aliphatic heterocycles. The first-order valence-electron chi connectivity index (χ1n) is 14.4. The standard InChI is InChI=1S/C33H47FO2/c1-20-22-11-12-28-32(6,25(22)13-16-30(20,2)3)18-15-27-31(4,5)24(14-17-33(27,28)7)21-9-10-23(26(34)19-21)29(35)36-8/h9-10,14,19-20,22,25,27-28H,11-13,15-18H2,1-8H3. The van der Waals surface area contributed by atoms with Gasteiger partial charge in [-0.15, -0.1) is 0 Å². The Bertz CT molecular complexity index is 1080. The first kappa shape index (κ1) is 26.0. The van der Waals surface area contributed by atoms with E-state index in [-0.39, 0.29) is 16.4 Å². The maximum Gasteiger partial charge on any atom is 0.340 e. The smallest absolute Gasteiger partial charge is 0.340 e. The molecule has 3 saturated carbocycles. The van der Waals surface area contributed by atoms with Crippen molar-refractivity contribution in [1.82, 2.24) is 0 Å². The van der Waals surface area contributed by atoms with Gasteiger partial charge in [-0.05, 0) is 119 Å². The van der Waals surface area contributed by atoms with E-state index in [0.29, 0.717) is 16.7 Å². The third kappa shape index (κ3) is 3.57. The van der Waals surface area contributed by atoms with Crippen molar-refractivity contribution in [2.45, 2.75) is 93.4 Å². The fourth-order valence-electron chi connectivity index (χ4n) is 10.3. The molecule has 1 aromatic carbocycles. The van der Waals surface area contributed by atoms with Crippen LogP contribution in [-0.4, -0.2) is 13.1 Å². The first-order valence-corrected chi connectivity index (χ1v) is 14.4. The molecule has 4 aliphatic carbocycles. The molecule has 1 aromatic rings. The summed E-state index contributed by atoms with van der Waals surface area (Å²) < 4.78 is 19.6. The van der Waals surface area contributed by atoms with Crippen LogP contribution in [0.15, 0.2) is 24.3 Å². The Kier molecular flexibility index (Phi) is 6.09. The number of esters is 1. The monoisotopic (exact) mass is 494 g/mol. The fraction of sp³-hybridized carbons (Fsp3) is 0.727. The van der Waals surface area contributed by atoms with E-state index in [4.69, 9.17) is 4.74 Å². The molecule has 0 saturated heterocycles. The first-order chi connectivity index (χ1) is 16.8. The van der Waals surface area contributed by atoms with E-state index >= 15 is 0 Å². The summed E-state index contributed by atoms with van der Waals surface area (Å²) in [6, 6.07) is 5.05. The highest BCUT2D eigenvalue weighted by Gasteiger charge is 2.63. The average molecular weight is 495 g/mol. The Morgan fingerprint density at radius 1 is 0.944 bits per heavy atom. The van der Waals surface area contributed by atoms with Crippen molar-refractivity contribution in [3.63, 3.8) is 0 Å². The van der Waals surface area contributed by atoms with E-state index in [1.165, 1.54) is 51.2 Å². The van der Waals surface area contributed by atoms with Crippen molar-refractivity contribution in [2.24, 2.45) is 51.2 Å². The Hall–Kier alpha value is -1.64. The van der Waals surface area contributed by atoms with Gasteiger partial charge in [0.25, 0.3) is 0 Å². The maximum atomic E-state index is 14.9. The predicted octanol–water partition coefficient (Wildman–Crippen LogP) is 8.95. The largest absolute Gasteiger partial charge is 0.465 e. The van der Waals surface area contributed by atoms with E-state index in [9.17, 15) is 9.18 Å². The summed E-state index contributed by atoms with van der Waals surface area (Å²) in [5, 5.41) is 0. The Morgan fingerprint density at radius 3 is 2.33 bits per heavy atom. The van der Waals surface area contributed by atoms with E-state index in [0.717, 1.165) is 35.7 Å². The number of hydrogen-bond donors (Lipinski definition) is 0. The molecule has 0 bridgehead atoms. The summed E-state index contributed by atoms with van der Waals surface area (Å²) in [5.74, 6) is 2.73. The molecule has 3 heteroatoms. The van der Waals surface area contributed by atoms with Crippen molar-refractivity contribution in [2.75, 3.05) is 7.11 Å². The molecule has 4 aliphatic rings. The van der Waals surface area contributed by atoms with Crippen molar-refractivity contribution < 1.29 is 13.9 Å². The summed E-state index contributed by atoms with van der Waals surface area (Å²) >= 11 is 0. The quantitative estimate of drug-likeness (QED) is 0.384. The average Bonchev–Trinajstić information content (AvgIpc) is 2.80. The molecule has 7 unspecified atom stereocenters. The van der Waals surface area contributed by atoms with Gasteiger partial charge in [0, 0.05) is 0 Å². The zero-order valence-corrected chi connectivity index (χ0v) is 23.8. The minimum atomic E-state index is -0.619. The van der Waals surface area contributed by atoms with Crippen LogP contribution in [0.5, 0.6) is 0 Å². The van der Waals surface area contributed by atoms with Crippen molar-refractivity contribution in [3.8, 4) is 0 Å². The maximum absolute atomic E-state index is 14.9. The van der Waals surface area contributed by atoms with Crippen LogP contribution in [-0.2, 0) is 4.74 Å². The van der Waals surface area contributed by atoms with E-state index in [1.54, 1.807) is 12.1 Å². The van der Waals surface area contributed by atoms with Crippen LogP contribution < -0.4 is 0 Å². The van der Waals surface area contributed by atoms with Crippen LogP contribution in [0.1, 0.15) is 109 Å². The normalized spacial score (nSPS) is 40.8. The number of carbonyl (C=O) groups excluding carboxylic acids is 1. The van der Waals surface area contributed by atoms with Gasteiger partial charge in [-0.1, -0.05) is 60.6 Å². The van der Waals surface area contributed by atoms with Gasteiger partial charge in [-0.25, -0.2) is 9.18 Å². The molecular formula is C33H47FO2. The number of allylic oxidation sites excluding steroid dienone is 2. The van der Waals surface area contributed by atoms with Crippen molar-refractivity contribution in [1.29, 1.82) is 0 Å². The lowest BCUT2D eigenvalue weighted by Gasteiger charge is -2.68. The van der Waals surface area contributed by atoms with Crippen LogP contribution >= 0.6 is 0 Å². The second-order valence-corrected chi connectivity index (χ2v) is 14.5. The molecule has 0 aromatic heterocycles. The highest BCUT2D eigenvalue weighted by molar-refractivity contribution is 5.90. The highest BCUT2D eigenvalue weighted by Crippen LogP contribution is 2.72. The van der Waals surface area contributed by atoms with Gasteiger partial charge in [0.15, 0.2) is 0 Å². The predicted molar refractivity (Wildman–Crippen MR) is 145 cm³/mol. The third-order valence-electron chi connectivity index (χ3n) is 12.5. The number of benzene rings is 1. The van der Waals surface area contributed by atoms with Crippen LogP contribution in [0.4, 0.5) is 4.39 Å². The third-order valence-corrected chi connectivity index (χ3v) is 12.5. The Labute approximate surface area is 218 Å². The summed E-state index contributed by atoms with van der Waals surface area (Å²) in [6.45, 7) is 17.5. The van der Waals surface area contributed by atoms with Gasteiger partial charge in [0.2, 0.25) is 0 Å². The van der Waals surface area contributed by atoms with Crippen molar-refractivity contribution >= 4 is 11.5 Å². The molecule has 0 amide bonds. The molecule has 0 spiro atoms. The summed E-state index contributed by atoms with van der Waals surface area (Å²) in [5.41, 5.74) is 3.27. The van der Waals surface area contributed by atoms with E-state index in [1.807, 2.05) is 6.07 Å². The number of carbonyl (C=O) groups is 1. The van der Waals surface area contributed by atoms with Crippen LogP contribution in [0.25, 0.3) is 5.57 Å². The van der Waals surface area contributed by atoms with E-state index in [2.05, 4.69) is 54.5 Å². The zero-order chi connectivity index (χ0) is 26.3. The summed E-state index contributed by atoms with van der Waals surface area (Å²) in [7, 11) is 1.29. The molecule has 0 radical (unpaired) electrons. The minimum Gasteiger partial charge on any atom is -0.465 e. The van der Waals surface area contributed by atoms with Gasteiger partial charge in [0.1, 0.15) is 5.82 Å². The molecule has 36 heavy (non-hydrogen) atoms. The molecular weight excluding hydrogens is 447 g/mol. The number of halogens is 1. The molecule has 7 atom stereocenters. The summed E-state index contributed by atoms with van der Waals surface area (Å²) in [6.07, 6.45) is 11.5. The second kappa shape index (κ2) is 8.43. The Morgan fingerprint density at radius 2 is 1.67 bits per heavy atom. The van der Waals surface area contributed by atoms with E-state index < -0.39 is 11.8 Å². The lowest BCUT2D eigenvalue weighted by molar-refractivity contribution is -0.176. The van der Waals surface area contributed by atoms with Crippen molar-refractivity contribution in [3.05, 3.63) is 41.2 Å². The Balaban J connectivity index is 1.48. The van der Waals surface area contributed by atoms with Crippen LogP contribution in [0, 0.1) is 57.1 Å². The van der Waals surface area contributed by atoms with Crippen LogP contribution in [0.2, 0.25) is 0 Å². The lowest BCUT2D eigenvalue weighted by Crippen LogP contribution is -2.60. The lowest BCUT2D eigenvalue weighted by atomic mass is 9.36. The van der Waals surface area contributed by atoms with Gasteiger partial charge in [-0.3, -0.25) is 0 Å².